The Morgan fingerprint density at radius 1 is 1.53 bits per heavy atom. The molecular weight excluding hydrogens is 242 g/mol. The third-order valence-electron chi connectivity index (χ3n) is 2.48. The Bertz CT molecular complexity index is 395. The molecule has 1 aromatic rings. The number of rotatable bonds is 6. The van der Waals surface area contributed by atoms with E-state index in [2.05, 4.69) is 0 Å². The largest absolute Gasteiger partial charge is 0.478 e. The Kier molecular flexibility index (Phi) is 5.25. The molecule has 0 radical (unpaired) electrons. The zero-order valence-corrected chi connectivity index (χ0v) is 10.7. The lowest BCUT2D eigenvalue weighted by molar-refractivity contribution is 0.0697. The SMILES string of the molecule is CCN(CCOC)c1ccc(Cl)cc1C(=O)O. The minimum atomic E-state index is -0.974. The molecule has 94 valence electrons. The average Bonchev–Trinajstić information content (AvgIpc) is 2.31. The highest BCUT2D eigenvalue weighted by Crippen LogP contribution is 2.24. The molecule has 4 nitrogen and oxygen atoms in total. The lowest BCUT2D eigenvalue weighted by Gasteiger charge is -2.24. The molecule has 17 heavy (non-hydrogen) atoms. The van der Waals surface area contributed by atoms with Gasteiger partial charge in [-0.25, -0.2) is 4.79 Å². The molecule has 1 N–H and O–H groups in total. The van der Waals surface area contributed by atoms with Gasteiger partial charge in [-0.3, -0.25) is 0 Å². The number of likely N-dealkylation sites (N-methyl/N-ethyl adjacent to an activating group) is 1. The molecule has 1 aromatic carbocycles. The Morgan fingerprint density at radius 3 is 2.76 bits per heavy atom. The van der Waals surface area contributed by atoms with Gasteiger partial charge < -0.3 is 14.7 Å². The molecule has 0 saturated heterocycles. The van der Waals surface area contributed by atoms with Crippen LogP contribution in [-0.4, -0.2) is 37.9 Å². The van der Waals surface area contributed by atoms with Gasteiger partial charge in [0.05, 0.1) is 17.9 Å². The van der Waals surface area contributed by atoms with Crippen LogP contribution in [-0.2, 0) is 4.74 Å². The van der Waals surface area contributed by atoms with Crippen molar-refractivity contribution in [2.24, 2.45) is 0 Å². The summed E-state index contributed by atoms with van der Waals surface area (Å²) in [5.41, 5.74) is 0.886. The van der Waals surface area contributed by atoms with E-state index in [-0.39, 0.29) is 5.56 Å². The molecule has 0 heterocycles. The smallest absolute Gasteiger partial charge is 0.337 e. The number of carboxylic acid groups (broad SMARTS) is 1. The first-order valence-electron chi connectivity index (χ1n) is 5.36. The summed E-state index contributed by atoms with van der Waals surface area (Å²) in [4.78, 5) is 13.1. The number of anilines is 1. The van der Waals surface area contributed by atoms with E-state index in [4.69, 9.17) is 21.4 Å². The maximum absolute atomic E-state index is 11.2. The average molecular weight is 258 g/mol. The third kappa shape index (κ3) is 3.61. The van der Waals surface area contributed by atoms with Crippen molar-refractivity contribution in [3.05, 3.63) is 28.8 Å². The van der Waals surface area contributed by atoms with Gasteiger partial charge in [-0.15, -0.1) is 0 Å². The maximum Gasteiger partial charge on any atom is 0.337 e. The van der Waals surface area contributed by atoms with Crippen molar-refractivity contribution in [1.29, 1.82) is 0 Å². The number of hydrogen-bond donors (Lipinski definition) is 1. The fourth-order valence-electron chi connectivity index (χ4n) is 1.61. The molecule has 1 rings (SSSR count). The van der Waals surface area contributed by atoms with E-state index < -0.39 is 5.97 Å². The molecule has 0 aliphatic rings. The van der Waals surface area contributed by atoms with E-state index in [0.29, 0.717) is 30.4 Å². The van der Waals surface area contributed by atoms with Crippen LogP contribution in [0.25, 0.3) is 0 Å². The summed E-state index contributed by atoms with van der Waals surface area (Å²) >= 11 is 5.81. The summed E-state index contributed by atoms with van der Waals surface area (Å²) in [5.74, 6) is -0.974. The number of carbonyl (C=O) groups is 1. The molecule has 0 amide bonds. The van der Waals surface area contributed by atoms with Gasteiger partial charge in [-0.1, -0.05) is 11.6 Å². The fourth-order valence-corrected chi connectivity index (χ4v) is 1.78. The first kappa shape index (κ1) is 13.8. The van der Waals surface area contributed by atoms with Crippen LogP contribution in [0.1, 0.15) is 17.3 Å². The van der Waals surface area contributed by atoms with E-state index in [1.54, 1.807) is 19.2 Å². The van der Waals surface area contributed by atoms with Crippen LogP contribution in [0.2, 0.25) is 5.02 Å². The zero-order chi connectivity index (χ0) is 12.8. The number of nitrogens with zero attached hydrogens (tertiary/aromatic N) is 1. The molecule has 0 fully saturated rings. The highest BCUT2D eigenvalue weighted by atomic mass is 35.5. The van der Waals surface area contributed by atoms with E-state index in [1.165, 1.54) is 6.07 Å². The Balaban J connectivity index is 3.05. The van der Waals surface area contributed by atoms with Crippen molar-refractivity contribution in [3.8, 4) is 0 Å². The second kappa shape index (κ2) is 6.47. The molecule has 0 spiro atoms. The monoisotopic (exact) mass is 257 g/mol. The van der Waals surface area contributed by atoms with Crippen molar-refractivity contribution < 1.29 is 14.6 Å². The number of benzene rings is 1. The number of methoxy groups -OCH3 is 1. The van der Waals surface area contributed by atoms with E-state index >= 15 is 0 Å². The second-order valence-corrected chi connectivity index (χ2v) is 3.98. The van der Waals surface area contributed by atoms with Crippen LogP contribution in [0.5, 0.6) is 0 Å². The Labute approximate surface area is 106 Å². The van der Waals surface area contributed by atoms with Gasteiger partial charge in [0.1, 0.15) is 0 Å². The van der Waals surface area contributed by atoms with Gasteiger partial charge >= 0.3 is 5.97 Å². The zero-order valence-electron chi connectivity index (χ0n) is 9.94. The molecule has 0 unspecified atom stereocenters. The van der Waals surface area contributed by atoms with Gasteiger partial charge in [0.25, 0.3) is 0 Å². The lowest BCUT2D eigenvalue weighted by Crippen LogP contribution is -2.28. The van der Waals surface area contributed by atoms with Gasteiger partial charge in [-0.05, 0) is 25.1 Å². The predicted octanol–water partition coefficient (Wildman–Crippen LogP) is 2.51. The van der Waals surface area contributed by atoms with Crippen molar-refractivity contribution >= 4 is 23.3 Å². The Hall–Kier alpha value is -1.26. The lowest BCUT2D eigenvalue weighted by atomic mass is 10.1. The van der Waals surface area contributed by atoms with Crippen LogP contribution >= 0.6 is 11.6 Å². The minimum Gasteiger partial charge on any atom is -0.478 e. The van der Waals surface area contributed by atoms with E-state index in [1.807, 2.05) is 11.8 Å². The molecule has 5 heteroatoms. The molecule has 0 aliphatic carbocycles. The predicted molar refractivity (Wildman–Crippen MR) is 68.2 cm³/mol. The molecule has 0 aromatic heterocycles. The van der Waals surface area contributed by atoms with Crippen molar-refractivity contribution in [1.82, 2.24) is 0 Å². The summed E-state index contributed by atoms with van der Waals surface area (Å²) in [6.07, 6.45) is 0. The third-order valence-corrected chi connectivity index (χ3v) is 2.71. The number of aromatic carboxylic acids is 1. The van der Waals surface area contributed by atoms with Crippen molar-refractivity contribution in [2.75, 3.05) is 31.7 Å². The van der Waals surface area contributed by atoms with Gasteiger partial charge in [0.15, 0.2) is 0 Å². The van der Waals surface area contributed by atoms with Gasteiger partial charge in [-0.2, -0.15) is 0 Å². The van der Waals surface area contributed by atoms with E-state index in [9.17, 15) is 4.79 Å². The highest BCUT2D eigenvalue weighted by Gasteiger charge is 2.15. The first-order valence-corrected chi connectivity index (χ1v) is 5.74. The minimum absolute atomic E-state index is 0.218. The second-order valence-electron chi connectivity index (χ2n) is 3.54. The summed E-state index contributed by atoms with van der Waals surface area (Å²) in [6, 6.07) is 4.89. The molecule has 0 atom stereocenters. The van der Waals surface area contributed by atoms with Crippen LogP contribution in [0.3, 0.4) is 0 Å². The number of carboxylic acids is 1. The standard InChI is InChI=1S/C12H16ClNO3/c1-3-14(6-7-17-2)11-5-4-9(13)8-10(11)12(15)16/h4-5,8H,3,6-7H2,1-2H3,(H,15,16). The summed E-state index contributed by atoms with van der Waals surface area (Å²) in [7, 11) is 1.62. The number of hydrogen-bond acceptors (Lipinski definition) is 3. The molecule has 0 saturated carbocycles. The van der Waals surface area contributed by atoms with Crippen LogP contribution in [0.15, 0.2) is 18.2 Å². The summed E-state index contributed by atoms with van der Waals surface area (Å²) < 4.78 is 5.00. The quantitative estimate of drug-likeness (QED) is 0.851. The van der Waals surface area contributed by atoms with E-state index in [0.717, 1.165) is 0 Å². The topological polar surface area (TPSA) is 49.8 Å². The highest BCUT2D eigenvalue weighted by molar-refractivity contribution is 6.31. The van der Waals surface area contributed by atoms with Crippen molar-refractivity contribution in [2.45, 2.75) is 6.92 Å². The molecule has 0 bridgehead atoms. The van der Waals surface area contributed by atoms with Crippen LogP contribution in [0, 0.1) is 0 Å². The normalized spacial score (nSPS) is 10.3. The summed E-state index contributed by atoms with van der Waals surface area (Å²) in [5, 5.41) is 9.57. The first-order chi connectivity index (χ1) is 8.10. The van der Waals surface area contributed by atoms with Gasteiger partial charge in [0, 0.05) is 25.2 Å². The number of halogens is 1. The maximum atomic E-state index is 11.2. The number of ether oxygens (including phenoxy) is 1. The van der Waals surface area contributed by atoms with Crippen molar-refractivity contribution in [3.63, 3.8) is 0 Å². The van der Waals surface area contributed by atoms with Crippen LogP contribution < -0.4 is 4.90 Å². The Morgan fingerprint density at radius 2 is 2.24 bits per heavy atom. The fraction of sp³-hybridized carbons (Fsp3) is 0.417. The molecular formula is C12H16ClNO3. The summed E-state index contributed by atoms with van der Waals surface area (Å²) in [6.45, 7) is 3.88. The van der Waals surface area contributed by atoms with Gasteiger partial charge in [0.2, 0.25) is 0 Å². The van der Waals surface area contributed by atoms with Crippen LogP contribution in [0.4, 0.5) is 5.69 Å². The molecule has 0 aliphatic heterocycles.